The third kappa shape index (κ3) is 1.07. The van der Waals surface area contributed by atoms with Gasteiger partial charge in [-0.05, 0) is 0 Å². The molecule has 0 fully saturated rings. The van der Waals surface area contributed by atoms with Gasteiger partial charge in [0.1, 0.15) is 0 Å². The first-order chi connectivity index (χ1) is 4.13. The molecule has 0 bridgehead atoms. The van der Waals surface area contributed by atoms with Crippen LogP contribution in [-0.2, 0) is 0 Å². The molecule has 0 aliphatic carbocycles. The van der Waals surface area contributed by atoms with Gasteiger partial charge in [0, 0.05) is 0 Å². The number of thiol groups is 1. The van der Waals surface area contributed by atoms with E-state index >= 15 is 0 Å². The molecule has 0 atom stereocenters. The predicted octanol–water partition coefficient (Wildman–Crippen LogP) is 2.45. The largest absolute Gasteiger partial charge is 0.216 e. The summed E-state index contributed by atoms with van der Waals surface area (Å²) in [7, 11) is 0. The monoisotopic (exact) mass is 170 g/mol. The van der Waals surface area contributed by atoms with Gasteiger partial charge >= 0.3 is 0 Å². The van der Waals surface area contributed by atoms with Crippen LogP contribution in [0.2, 0.25) is 0 Å². The lowest BCUT2D eigenvalue weighted by molar-refractivity contribution is 0.460. The van der Waals surface area contributed by atoms with Gasteiger partial charge < -0.3 is 0 Å². The fourth-order valence-electron chi connectivity index (χ4n) is 0.355. The van der Waals surface area contributed by atoms with Crippen LogP contribution in [0.4, 0.5) is 13.2 Å². The molecule has 0 N–H and O–H groups in total. The minimum atomic E-state index is -1.44. The Morgan fingerprint density at radius 1 is 1.11 bits per heavy atom. The van der Waals surface area contributed by atoms with Crippen LogP contribution in [0.15, 0.2) is 4.21 Å². The second kappa shape index (κ2) is 2.22. The standard InChI is InChI=1S/C4HF3S2/c5-1-2(6)4(8)9-3(1)7/h8H. The van der Waals surface area contributed by atoms with Crippen molar-refractivity contribution in [3.8, 4) is 0 Å². The Labute approximate surface area is 58.7 Å². The SMILES string of the molecule is Fc1sc(S)c(F)c1F. The van der Waals surface area contributed by atoms with Crippen molar-refractivity contribution in [3.05, 3.63) is 16.8 Å². The average molecular weight is 170 g/mol. The van der Waals surface area contributed by atoms with Crippen molar-refractivity contribution in [2.24, 2.45) is 0 Å². The zero-order chi connectivity index (χ0) is 7.02. The normalized spacial score (nSPS) is 10.2. The Kier molecular flexibility index (Phi) is 1.72. The summed E-state index contributed by atoms with van der Waals surface area (Å²) in [6.45, 7) is 0. The van der Waals surface area contributed by atoms with Crippen LogP contribution in [-0.4, -0.2) is 0 Å². The minimum absolute atomic E-state index is 0.259. The second-order valence-corrected chi connectivity index (χ2v) is 3.03. The first-order valence-electron chi connectivity index (χ1n) is 1.95. The number of thiophene rings is 1. The lowest BCUT2D eigenvalue weighted by Gasteiger charge is -1.77. The molecule has 0 aliphatic rings. The maximum atomic E-state index is 12.1. The van der Waals surface area contributed by atoms with Crippen molar-refractivity contribution in [2.75, 3.05) is 0 Å². The molecule has 0 saturated heterocycles. The second-order valence-electron chi connectivity index (χ2n) is 1.31. The molecule has 0 nitrogen and oxygen atoms in total. The lowest BCUT2D eigenvalue weighted by Crippen LogP contribution is -1.76. The van der Waals surface area contributed by atoms with Gasteiger partial charge in [0.2, 0.25) is 10.9 Å². The third-order valence-electron chi connectivity index (χ3n) is 0.739. The summed E-state index contributed by atoms with van der Waals surface area (Å²) < 4.78 is 35.7. The molecule has 1 rings (SSSR count). The Bertz CT molecular complexity index is 207. The molecule has 0 unspecified atom stereocenters. The number of rotatable bonds is 0. The molecule has 1 aromatic rings. The molecule has 0 aromatic carbocycles. The van der Waals surface area contributed by atoms with Crippen LogP contribution in [0, 0.1) is 16.8 Å². The van der Waals surface area contributed by atoms with Crippen LogP contribution < -0.4 is 0 Å². The zero-order valence-corrected chi connectivity index (χ0v) is 5.70. The fraction of sp³-hybridized carbons (Fsp3) is 0. The zero-order valence-electron chi connectivity index (χ0n) is 3.99. The van der Waals surface area contributed by atoms with Gasteiger partial charge in [-0.15, -0.1) is 12.6 Å². The number of hydrogen-bond donors (Lipinski definition) is 1. The van der Waals surface area contributed by atoms with E-state index in [1.807, 2.05) is 0 Å². The minimum Gasteiger partial charge on any atom is -0.201 e. The van der Waals surface area contributed by atoms with Gasteiger partial charge in [0.05, 0.1) is 4.21 Å². The summed E-state index contributed by atoms with van der Waals surface area (Å²) in [6.07, 6.45) is 0. The van der Waals surface area contributed by atoms with E-state index in [1.54, 1.807) is 0 Å². The van der Waals surface area contributed by atoms with Gasteiger partial charge in [-0.25, -0.2) is 4.39 Å². The summed E-state index contributed by atoms with van der Waals surface area (Å²) in [5.74, 6) is -2.65. The maximum absolute atomic E-state index is 12.1. The Hall–Kier alpha value is -0.160. The van der Waals surface area contributed by atoms with E-state index in [9.17, 15) is 13.2 Å². The van der Waals surface area contributed by atoms with Crippen LogP contribution in [0.3, 0.4) is 0 Å². The van der Waals surface area contributed by atoms with Crippen LogP contribution in [0.5, 0.6) is 0 Å². The molecule has 0 amide bonds. The molecule has 5 heteroatoms. The summed E-state index contributed by atoms with van der Waals surface area (Å²) in [5, 5.41) is -1.16. The number of halogens is 3. The summed E-state index contributed by atoms with van der Waals surface area (Å²) in [6, 6.07) is 0. The van der Waals surface area contributed by atoms with Crippen LogP contribution in [0.1, 0.15) is 0 Å². The van der Waals surface area contributed by atoms with E-state index in [4.69, 9.17) is 0 Å². The van der Waals surface area contributed by atoms with Crippen molar-refractivity contribution in [2.45, 2.75) is 4.21 Å². The smallest absolute Gasteiger partial charge is 0.201 e. The highest BCUT2D eigenvalue weighted by atomic mass is 32.2. The maximum Gasteiger partial charge on any atom is 0.216 e. The summed E-state index contributed by atoms with van der Waals surface area (Å²) in [5.41, 5.74) is 0. The molecule has 50 valence electrons. The van der Waals surface area contributed by atoms with E-state index in [0.717, 1.165) is 0 Å². The quantitative estimate of drug-likeness (QED) is 0.568. The van der Waals surface area contributed by atoms with Crippen molar-refractivity contribution < 1.29 is 13.2 Å². The summed E-state index contributed by atoms with van der Waals surface area (Å²) in [4.78, 5) is 0. The molecular weight excluding hydrogens is 169 g/mol. The number of hydrogen-bond acceptors (Lipinski definition) is 2. The van der Waals surface area contributed by atoms with E-state index in [-0.39, 0.29) is 4.21 Å². The van der Waals surface area contributed by atoms with Gasteiger partial charge in [-0.2, -0.15) is 8.78 Å². The molecule has 0 spiro atoms. The van der Waals surface area contributed by atoms with Crippen molar-refractivity contribution in [1.29, 1.82) is 0 Å². The van der Waals surface area contributed by atoms with Gasteiger partial charge in [-0.3, -0.25) is 0 Å². The fourth-order valence-corrected chi connectivity index (χ4v) is 1.22. The summed E-state index contributed by atoms with van der Waals surface area (Å²) >= 11 is 3.80. The Morgan fingerprint density at radius 2 is 1.67 bits per heavy atom. The van der Waals surface area contributed by atoms with Gasteiger partial charge in [0.25, 0.3) is 0 Å². The first-order valence-corrected chi connectivity index (χ1v) is 3.21. The lowest BCUT2D eigenvalue weighted by atomic mass is 10.6. The van der Waals surface area contributed by atoms with E-state index < -0.39 is 16.8 Å². The molecule has 0 radical (unpaired) electrons. The van der Waals surface area contributed by atoms with E-state index in [1.165, 1.54) is 0 Å². The molecular formula is C4HF3S2. The van der Waals surface area contributed by atoms with Crippen LogP contribution in [0.25, 0.3) is 0 Å². The van der Waals surface area contributed by atoms with E-state index in [0.29, 0.717) is 11.3 Å². The molecule has 1 heterocycles. The first kappa shape index (κ1) is 6.95. The molecule has 0 aliphatic heterocycles. The van der Waals surface area contributed by atoms with Gasteiger partial charge in [0.15, 0.2) is 5.82 Å². The highest BCUT2D eigenvalue weighted by Gasteiger charge is 2.15. The van der Waals surface area contributed by atoms with Crippen molar-refractivity contribution >= 4 is 24.0 Å². The molecule has 0 saturated carbocycles. The Balaban J connectivity index is 3.29. The van der Waals surface area contributed by atoms with E-state index in [2.05, 4.69) is 12.6 Å². The van der Waals surface area contributed by atoms with Gasteiger partial charge in [-0.1, -0.05) is 11.3 Å². The Morgan fingerprint density at radius 3 is 1.78 bits per heavy atom. The molecule has 1 aromatic heterocycles. The highest BCUT2D eigenvalue weighted by molar-refractivity contribution is 7.82. The topological polar surface area (TPSA) is 0 Å². The third-order valence-corrected chi connectivity index (χ3v) is 1.94. The van der Waals surface area contributed by atoms with Crippen molar-refractivity contribution in [1.82, 2.24) is 0 Å². The average Bonchev–Trinajstić information content (AvgIpc) is 1.98. The van der Waals surface area contributed by atoms with Crippen molar-refractivity contribution in [3.63, 3.8) is 0 Å². The predicted molar refractivity (Wildman–Crippen MR) is 31.4 cm³/mol. The van der Waals surface area contributed by atoms with Crippen LogP contribution >= 0.6 is 24.0 Å². The highest BCUT2D eigenvalue weighted by Crippen LogP contribution is 2.26. The molecule has 9 heavy (non-hydrogen) atoms.